The Morgan fingerprint density at radius 1 is 1.45 bits per heavy atom. The number of aryl methyl sites for hydroxylation is 1. The Kier molecular flexibility index (Phi) is 4.99. The highest BCUT2D eigenvalue weighted by Crippen LogP contribution is 2.21. The van der Waals surface area contributed by atoms with Crippen LogP contribution in [0.5, 0.6) is 0 Å². The number of hydrogen-bond acceptors (Lipinski definition) is 3. The molecule has 0 bridgehead atoms. The normalized spacial score (nSPS) is 18.9. The number of likely N-dealkylation sites (tertiary alicyclic amines) is 1. The van der Waals surface area contributed by atoms with Crippen LogP contribution in [0.15, 0.2) is 12.1 Å². The van der Waals surface area contributed by atoms with E-state index in [1.54, 1.807) is 0 Å². The zero-order valence-corrected chi connectivity index (χ0v) is 12.8. The Morgan fingerprint density at radius 2 is 2.25 bits per heavy atom. The number of amides is 1. The zero-order valence-electron chi connectivity index (χ0n) is 12.8. The minimum atomic E-state index is 0.146. The number of carbonyl (C=O) groups is 1. The summed E-state index contributed by atoms with van der Waals surface area (Å²) >= 11 is 0. The summed E-state index contributed by atoms with van der Waals surface area (Å²) in [5.41, 5.74) is 1.64. The number of carbonyl (C=O) groups excluding carboxylic acids is 1. The molecule has 1 atom stereocenters. The molecule has 1 saturated heterocycles. The van der Waals surface area contributed by atoms with Gasteiger partial charge in [0.05, 0.1) is 0 Å². The number of pyridine rings is 1. The maximum Gasteiger partial charge on any atom is 0.254 e. The molecule has 0 aliphatic carbocycles. The first-order valence-corrected chi connectivity index (χ1v) is 7.65. The van der Waals surface area contributed by atoms with Crippen LogP contribution in [-0.2, 0) is 0 Å². The molecule has 1 aliphatic heterocycles. The Morgan fingerprint density at radius 3 is 2.95 bits per heavy atom. The second kappa shape index (κ2) is 6.73. The predicted octanol–water partition coefficient (Wildman–Crippen LogP) is 3.08. The maximum atomic E-state index is 12.6. The minimum absolute atomic E-state index is 0.146. The lowest BCUT2D eigenvalue weighted by Crippen LogP contribution is -2.39. The molecule has 1 aromatic heterocycles. The van der Waals surface area contributed by atoms with Crippen LogP contribution in [0.1, 0.15) is 49.2 Å². The van der Waals surface area contributed by atoms with Crippen LogP contribution in [-0.4, -0.2) is 35.4 Å². The molecule has 1 fully saturated rings. The number of nitrogens with zero attached hydrogens (tertiary/aromatic N) is 2. The fraction of sp³-hybridized carbons (Fsp3) is 0.625. The van der Waals surface area contributed by atoms with Crippen molar-refractivity contribution in [3.05, 3.63) is 23.4 Å². The number of hydrogen-bond donors (Lipinski definition) is 1. The van der Waals surface area contributed by atoms with E-state index < -0.39 is 0 Å². The van der Waals surface area contributed by atoms with Gasteiger partial charge in [-0.05, 0) is 44.7 Å². The third-order valence-corrected chi connectivity index (χ3v) is 3.94. The summed E-state index contributed by atoms with van der Waals surface area (Å²) in [6.45, 7) is 8.76. The van der Waals surface area contributed by atoms with Gasteiger partial charge >= 0.3 is 0 Å². The van der Waals surface area contributed by atoms with Crippen molar-refractivity contribution in [2.45, 2.75) is 40.0 Å². The summed E-state index contributed by atoms with van der Waals surface area (Å²) in [7, 11) is 0. The molecule has 1 aromatic rings. The molecule has 0 aromatic carbocycles. The Hall–Kier alpha value is -1.58. The third-order valence-electron chi connectivity index (χ3n) is 3.94. The highest BCUT2D eigenvalue weighted by atomic mass is 16.2. The molecule has 1 unspecified atom stereocenters. The molecule has 4 nitrogen and oxygen atoms in total. The number of aromatic nitrogens is 1. The number of piperidine rings is 1. The molecule has 20 heavy (non-hydrogen) atoms. The first-order valence-electron chi connectivity index (χ1n) is 7.65. The van der Waals surface area contributed by atoms with Crippen molar-refractivity contribution in [3.63, 3.8) is 0 Å². The highest BCUT2D eigenvalue weighted by molar-refractivity contribution is 5.95. The Bertz CT molecular complexity index is 473. The van der Waals surface area contributed by atoms with E-state index in [0.717, 1.165) is 49.6 Å². The van der Waals surface area contributed by atoms with Crippen molar-refractivity contribution >= 4 is 11.7 Å². The molecule has 1 amide bonds. The monoisotopic (exact) mass is 275 g/mol. The van der Waals surface area contributed by atoms with Crippen molar-refractivity contribution in [3.8, 4) is 0 Å². The predicted molar refractivity (Wildman–Crippen MR) is 82.1 cm³/mol. The van der Waals surface area contributed by atoms with Crippen LogP contribution < -0.4 is 5.32 Å². The van der Waals surface area contributed by atoms with Crippen LogP contribution in [0.3, 0.4) is 0 Å². The van der Waals surface area contributed by atoms with Crippen LogP contribution in [0, 0.1) is 12.8 Å². The number of anilines is 1. The first kappa shape index (κ1) is 14.8. The lowest BCUT2D eigenvalue weighted by atomic mass is 9.95. The van der Waals surface area contributed by atoms with E-state index in [1.807, 2.05) is 30.9 Å². The second-order valence-corrected chi connectivity index (χ2v) is 5.58. The third kappa shape index (κ3) is 3.50. The van der Waals surface area contributed by atoms with Gasteiger partial charge in [0, 0.05) is 30.9 Å². The highest BCUT2D eigenvalue weighted by Gasteiger charge is 2.23. The quantitative estimate of drug-likeness (QED) is 0.918. The molecule has 4 heteroatoms. The molecule has 1 aliphatic rings. The van der Waals surface area contributed by atoms with Crippen molar-refractivity contribution in [2.24, 2.45) is 5.92 Å². The summed E-state index contributed by atoms with van der Waals surface area (Å²) in [6.07, 6.45) is 3.52. The van der Waals surface area contributed by atoms with E-state index in [2.05, 4.69) is 17.2 Å². The summed E-state index contributed by atoms with van der Waals surface area (Å²) in [5, 5.41) is 3.18. The van der Waals surface area contributed by atoms with Gasteiger partial charge in [0.15, 0.2) is 0 Å². The topological polar surface area (TPSA) is 45.2 Å². The summed E-state index contributed by atoms with van der Waals surface area (Å²) in [6, 6.07) is 3.76. The van der Waals surface area contributed by atoms with Crippen LogP contribution in [0.4, 0.5) is 5.82 Å². The Labute approximate surface area is 121 Å². The van der Waals surface area contributed by atoms with E-state index in [1.165, 1.54) is 6.42 Å². The largest absolute Gasteiger partial charge is 0.370 e. The second-order valence-electron chi connectivity index (χ2n) is 5.58. The van der Waals surface area contributed by atoms with Gasteiger partial charge in [0.25, 0.3) is 5.91 Å². The van der Waals surface area contributed by atoms with Crippen LogP contribution >= 0.6 is 0 Å². The van der Waals surface area contributed by atoms with Crippen LogP contribution in [0.25, 0.3) is 0 Å². The lowest BCUT2D eigenvalue weighted by molar-refractivity contribution is 0.0671. The molecule has 0 spiro atoms. The van der Waals surface area contributed by atoms with Gasteiger partial charge in [-0.1, -0.05) is 13.3 Å². The molecule has 2 rings (SSSR count). The molecule has 110 valence electrons. The number of rotatable bonds is 4. The first-order chi connectivity index (χ1) is 9.63. The van der Waals surface area contributed by atoms with Crippen molar-refractivity contribution < 1.29 is 4.79 Å². The van der Waals surface area contributed by atoms with E-state index in [4.69, 9.17) is 0 Å². The standard InChI is InChI=1S/C16H25N3O/c1-4-13-7-6-8-19(11-13)16(20)14-9-12(3)18-15(10-14)17-5-2/h9-10,13H,4-8,11H2,1-3H3,(H,17,18). The number of nitrogens with one attached hydrogen (secondary N) is 1. The Balaban J connectivity index is 2.15. The summed E-state index contributed by atoms with van der Waals surface area (Å²) < 4.78 is 0. The zero-order chi connectivity index (χ0) is 14.5. The fourth-order valence-electron chi connectivity index (χ4n) is 2.83. The summed E-state index contributed by atoms with van der Waals surface area (Å²) in [4.78, 5) is 19.0. The smallest absolute Gasteiger partial charge is 0.254 e. The van der Waals surface area contributed by atoms with E-state index >= 15 is 0 Å². The van der Waals surface area contributed by atoms with E-state index in [9.17, 15) is 4.79 Å². The van der Waals surface area contributed by atoms with Crippen molar-refractivity contribution in [2.75, 3.05) is 25.0 Å². The van der Waals surface area contributed by atoms with Crippen molar-refractivity contribution in [1.82, 2.24) is 9.88 Å². The van der Waals surface area contributed by atoms with Crippen molar-refractivity contribution in [1.29, 1.82) is 0 Å². The minimum Gasteiger partial charge on any atom is -0.370 e. The van der Waals surface area contributed by atoms with Crippen LogP contribution in [0.2, 0.25) is 0 Å². The molecule has 2 heterocycles. The van der Waals surface area contributed by atoms with Gasteiger partial charge in [0.2, 0.25) is 0 Å². The molecule has 0 radical (unpaired) electrons. The molecule has 1 N–H and O–H groups in total. The van der Waals surface area contributed by atoms with Gasteiger partial charge < -0.3 is 10.2 Å². The fourth-order valence-corrected chi connectivity index (χ4v) is 2.83. The average molecular weight is 275 g/mol. The van der Waals surface area contributed by atoms with E-state index in [0.29, 0.717) is 5.92 Å². The molecular formula is C16H25N3O. The molecule has 0 saturated carbocycles. The van der Waals surface area contributed by atoms with Gasteiger partial charge in [-0.15, -0.1) is 0 Å². The average Bonchev–Trinajstić information content (AvgIpc) is 2.46. The lowest BCUT2D eigenvalue weighted by Gasteiger charge is -2.32. The maximum absolute atomic E-state index is 12.6. The SMILES string of the molecule is CCNc1cc(C(=O)N2CCCC(CC)C2)cc(C)n1. The van der Waals surface area contributed by atoms with Gasteiger partial charge in [0.1, 0.15) is 5.82 Å². The van der Waals surface area contributed by atoms with E-state index in [-0.39, 0.29) is 5.91 Å². The van der Waals surface area contributed by atoms with Gasteiger partial charge in [-0.25, -0.2) is 4.98 Å². The summed E-state index contributed by atoms with van der Waals surface area (Å²) in [5.74, 6) is 1.59. The molecular weight excluding hydrogens is 250 g/mol. The van der Waals surface area contributed by atoms with Gasteiger partial charge in [-0.2, -0.15) is 0 Å². The van der Waals surface area contributed by atoms with Gasteiger partial charge in [-0.3, -0.25) is 4.79 Å².